The Balaban J connectivity index is 2.38. The molecule has 2 aromatic heterocycles. The number of carboxylic acids is 1. The van der Waals surface area contributed by atoms with E-state index in [9.17, 15) is 14.7 Å². The Morgan fingerprint density at radius 3 is 2.69 bits per heavy atom. The Bertz CT molecular complexity index is 1040. The van der Waals surface area contributed by atoms with Crippen molar-refractivity contribution in [3.8, 4) is 16.9 Å². The van der Waals surface area contributed by atoms with Crippen molar-refractivity contribution in [2.45, 2.75) is 33.2 Å². The number of benzene rings is 1. The van der Waals surface area contributed by atoms with E-state index < -0.39 is 5.97 Å². The molecule has 3 rings (SSSR count). The second-order valence-corrected chi connectivity index (χ2v) is 6.92. The number of aliphatic carboxylic acids is 1. The molecule has 0 saturated carbocycles. The summed E-state index contributed by atoms with van der Waals surface area (Å²) in [6.45, 7) is 3.51. The SMILES string of the molecule is CCc1sc2nc(CC)n(CC(=O)O)c(=O)c2c1-c1cccc(OC)c1. The zero-order chi connectivity index (χ0) is 18.8. The molecule has 0 bridgehead atoms. The number of carboxylic acid groups (broad SMARTS) is 1. The number of hydrogen-bond donors (Lipinski definition) is 1. The molecule has 2 heterocycles. The van der Waals surface area contributed by atoms with Gasteiger partial charge in [-0.25, -0.2) is 4.98 Å². The Kier molecular flexibility index (Phi) is 5.08. The number of hydrogen-bond acceptors (Lipinski definition) is 5. The molecule has 0 aliphatic carbocycles. The largest absolute Gasteiger partial charge is 0.497 e. The van der Waals surface area contributed by atoms with E-state index in [1.807, 2.05) is 38.1 Å². The molecule has 3 aromatic rings. The molecule has 1 aromatic carbocycles. The van der Waals surface area contributed by atoms with E-state index in [1.165, 1.54) is 15.9 Å². The van der Waals surface area contributed by atoms with Crippen molar-refractivity contribution < 1.29 is 14.6 Å². The molecule has 0 unspecified atom stereocenters. The molecule has 0 aliphatic rings. The third-order valence-electron chi connectivity index (χ3n) is 4.25. The molecule has 0 atom stereocenters. The Labute approximate surface area is 154 Å². The van der Waals surface area contributed by atoms with Gasteiger partial charge in [-0.05, 0) is 24.1 Å². The van der Waals surface area contributed by atoms with E-state index >= 15 is 0 Å². The summed E-state index contributed by atoms with van der Waals surface area (Å²) in [5.74, 6) is 0.135. The minimum atomic E-state index is -1.06. The van der Waals surface area contributed by atoms with Crippen LogP contribution in [0.2, 0.25) is 0 Å². The highest BCUT2D eigenvalue weighted by molar-refractivity contribution is 7.19. The summed E-state index contributed by atoms with van der Waals surface area (Å²) in [6, 6.07) is 7.54. The molecule has 0 radical (unpaired) electrons. The summed E-state index contributed by atoms with van der Waals surface area (Å²) < 4.78 is 6.57. The van der Waals surface area contributed by atoms with Crippen molar-refractivity contribution >= 4 is 27.5 Å². The van der Waals surface area contributed by atoms with Gasteiger partial charge in [0.05, 0.1) is 12.5 Å². The molecule has 0 amide bonds. The van der Waals surface area contributed by atoms with Gasteiger partial charge in [0.2, 0.25) is 0 Å². The van der Waals surface area contributed by atoms with Crippen LogP contribution in [0.4, 0.5) is 0 Å². The number of fused-ring (bicyclic) bond motifs is 1. The molecular weight excluding hydrogens is 352 g/mol. The second-order valence-electron chi connectivity index (χ2n) is 5.83. The first-order chi connectivity index (χ1) is 12.5. The van der Waals surface area contributed by atoms with Crippen LogP contribution in [0.25, 0.3) is 21.3 Å². The summed E-state index contributed by atoms with van der Waals surface area (Å²) in [4.78, 5) is 30.7. The molecule has 0 saturated heterocycles. The quantitative estimate of drug-likeness (QED) is 0.718. The molecule has 0 fully saturated rings. The maximum absolute atomic E-state index is 13.2. The third kappa shape index (κ3) is 3.10. The van der Waals surface area contributed by atoms with Crippen LogP contribution in [0, 0.1) is 0 Å². The van der Waals surface area contributed by atoms with Gasteiger partial charge in [0, 0.05) is 16.9 Å². The Hall–Kier alpha value is -2.67. The number of rotatable bonds is 6. The smallest absolute Gasteiger partial charge is 0.323 e. The highest BCUT2D eigenvalue weighted by Crippen LogP contribution is 2.37. The van der Waals surface area contributed by atoms with E-state index in [0.29, 0.717) is 28.2 Å². The van der Waals surface area contributed by atoms with Gasteiger partial charge in [-0.3, -0.25) is 14.2 Å². The highest BCUT2D eigenvalue weighted by Gasteiger charge is 2.21. The van der Waals surface area contributed by atoms with Crippen molar-refractivity contribution in [3.05, 3.63) is 45.3 Å². The molecule has 26 heavy (non-hydrogen) atoms. The van der Waals surface area contributed by atoms with Crippen LogP contribution in [0.1, 0.15) is 24.5 Å². The number of methoxy groups -OCH3 is 1. The van der Waals surface area contributed by atoms with Crippen LogP contribution < -0.4 is 10.3 Å². The fraction of sp³-hybridized carbons (Fsp3) is 0.316. The van der Waals surface area contributed by atoms with Gasteiger partial charge >= 0.3 is 5.97 Å². The van der Waals surface area contributed by atoms with Crippen molar-refractivity contribution in [3.63, 3.8) is 0 Å². The van der Waals surface area contributed by atoms with Gasteiger partial charge in [-0.15, -0.1) is 11.3 Å². The number of nitrogens with zero attached hydrogens (tertiary/aromatic N) is 2. The number of aryl methyl sites for hydroxylation is 2. The predicted octanol–water partition coefficient (Wildman–Crippen LogP) is 3.34. The standard InChI is InChI=1S/C19H20N2O4S/c1-4-13-16(11-7-6-8-12(9-11)25-3)17-18(26-13)20-14(5-2)21(19(17)24)10-15(22)23/h6-9H,4-5,10H2,1-3H3,(H,22,23). The van der Waals surface area contributed by atoms with E-state index in [4.69, 9.17) is 4.74 Å². The average Bonchev–Trinajstić information content (AvgIpc) is 3.02. The zero-order valence-corrected chi connectivity index (χ0v) is 15.7. The summed E-state index contributed by atoms with van der Waals surface area (Å²) >= 11 is 1.49. The first kappa shape index (κ1) is 18.1. The lowest BCUT2D eigenvalue weighted by Crippen LogP contribution is -2.28. The van der Waals surface area contributed by atoms with Gasteiger partial charge in [-0.2, -0.15) is 0 Å². The van der Waals surface area contributed by atoms with Gasteiger partial charge in [0.1, 0.15) is 22.9 Å². The van der Waals surface area contributed by atoms with Crippen molar-refractivity contribution in [1.82, 2.24) is 9.55 Å². The molecule has 1 N–H and O–H groups in total. The molecule has 6 nitrogen and oxygen atoms in total. The van der Waals surface area contributed by atoms with Crippen molar-refractivity contribution in [1.29, 1.82) is 0 Å². The van der Waals surface area contributed by atoms with Crippen LogP contribution >= 0.6 is 11.3 Å². The van der Waals surface area contributed by atoms with Gasteiger partial charge in [0.25, 0.3) is 5.56 Å². The highest BCUT2D eigenvalue weighted by atomic mass is 32.1. The Morgan fingerprint density at radius 2 is 2.08 bits per heavy atom. The fourth-order valence-electron chi connectivity index (χ4n) is 3.07. The topological polar surface area (TPSA) is 81.4 Å². The lowest BCUT2D eigenvalue weighted by Gasteiger charge is -2.10. The minimum absolute atomic E-state index is 0.303. The van der Waals surface area contributed by atoms with E-state index in [-0.39, 0.29) is 12.1 Å². The average molecular weight is 372 g/mol. The van der Waals surface area contributed by atoms with Gasteiger partial charge < -0.3 is 9.84 Å². The maximum Gasteiger partial charge on any atom is 0.323 e. The summed E-state index contributed by atoms with van der Waals surface area (Å²) in [6.07, 6.45) is 1.25. The first-order valence-corrected chi connectivity index (χ1v) is 9.23. The van der Waals surface area contributed by atoms with E-state index in [2.05, 4.69) is 4.98 Å². The first-order valence-electron chi connectivity index (χ1n) is 8.41. The number of carbonyl (C=O) groups is 1. The monoisotopic (exact) mass is 372 g/mol. The molecule has 0 spiro atoms. The lowest BCUT2D eigenvalue weighted by molar-refractivity contribution is -0.137. The van der Waals surface area contributed by atoms with Gasteiger partial charge in [0.15, 0.2) is 0 Å². The maximum atomic E-state index is 13.2. The van der Waals surface area contributed by atoms with Gasteiger partial charge in [-0.1, -0.05) is 26.0 Å². The van der Waals surface area contributed by atoms with Crippen LogP contribution in [-0.4, -0.2) is 27.7 Å². The van der Waals surface area contributed by atoms with Crippen LogP contribution in [0.3, 0.4) is 0 Å². The molecule has 7 heteroatoms. The van der Waals surface area contributed by atoms with Crippen LogP contribution in [-0.2, 0) is 24.2 Å². The van der Waals surface area contributed by atoms with Crippen molar-refractivity contribution in [2.24, 2.45) is 0 Å². The zero-order valence-electron chi connectivity index (χ0n) is 14.9. The normalized spacial score (nSPS) is 11.0. The summed E-state index contributed by atoms with van der Waals surface area (Å²) in [7, 11) is 1.60. The van der Waals surface area contributed by atoms with Crippen LogP contribution in [0.5, 0.6) is 5.75 Å². The Morgan fingerprint density at radius 1 is 1.31 bits per heavy atom. The predicted molar refractivity (Wildman–Crippen MR) is 102 cm³/mol. The number of ether oxygens (including phenoxy) is 1. The third-order valence-corrected chi connectivity index (χ3v) is 5.48. The van der Waals surface area contributed by atoms with Crippen LogP contribution in [0.15, 0.2) is 29.1 Å². The molecule has 0 aliphatic heterocycles. The summed E-state index contributed by atoms with van der Waals surface area (Å²) in [5, 5.41) is 9.67. The second kappa shape index (κ2) is 7.29. The number of aromatic nitrogens is 2. The van der Waals surface area contributed by atoms with E-state index in [1.54, 1.807) is 7.11 Å². The number of thiophene rings is 1. The fourth-order valence-corrected chi connectivity index (χ4v) is 4.22. The van der Waals surface area contributed by atoms with Crippen molar-refractivity contribution in [2.75, 3.05) is 7.11 Å². The molecular formula is C19H20N2O4S. The molecule has 136 valence electrons. The summed E-state index contributed by atoms with van der Waals surface area (Å²) in [5.41, 5.74) is 1.39. The minimum Gasteiger partial charge on any atom is -0.497 e. The lowest BCUT2D eigenvalue weighted by atomic mass is 10.0. The van der Waals surface area contributed by atoms with E-state index in [0.717, 1.165) is 22.4 Å².